The van der Waals surface area contributed by atoms with Crippen molar-refractivity contribution < 1.29 is 31.3 Å². The average molecular weight is 466 g/mol. The van der Waals surface area contributed by atoms with Crippen molar-refractivity contribution in [2.24, 2.45) is 0 Å². The monoisotopic (exact) mass is 465 g/mol. The number of hydrogen-bond acceptors (Lipinski definition) is 5. The molecule has 162 valence electrons. The number of nitrogens with zero attached hydrogens (tertiary/aromatic N) is 2. The predicted molar refractivity (Wildman–Crippen MR) is 103 cm³/mol. The van der Waals surface area contributed by atoms with E-state index in [1.54, 1.807) is 0 Å². The van der Waals surface area contributed by atoms with E-state index < -0.39 is 44.2 Å². The van der Waals surface area contributed by atoms with Crippen molar-refractivity contribution in [2.45, 2.75) is 18.0 Å². The number of amides is 1. The number of hydrogen-bond donors (Lipinski definition) is 1. The number of halogens is 4. The van der Waals surface area contributed by atoms with Crippen molar-refractivity contribution in [3.8, 4) is 0 Å². The molecular formula is C17H15ClF3N3O5S. The van der Waals surface area contributed by atoms with Crippen LogP contribution >= 0.6 is 11.6 Å². The Kier molecular flexibility index (Phi) is 6.74. The van der Waals surface area contributed by atoms with E-state index in [1.807, 2.05) is 0 Å². The second-order valence-corrected chi connectivity index (χ2v) is 8.63. The lowest BCUT2D eigenvalue weighted by Gasteiger charge is -2.18. The van der Waals surface area contributed by atoms with E-state index >= 15 is 0 Å². The van der Waals surface area contributed by atoms with Crippen LogP contribution in [0.5, 0.6) is 0 Å². The van der Waals surface area contributed by atoms with Crippen LogP contribution in [0.2, 0.25) is 5.02 Å². The minimum atomic E-state index is -4.73. The van der Waals surface area contributed by atoms with Crippen LogP contribution in [0.4, 0.5) is 24.5 Å². The van der Waals surface area contributed by atoms with Gasteiger partial charge in [-0.05, 0) is 36.8 Å². The van der Waals surface area contributed by atoms with E-state index in [4.69, 9.17) is 11.6 Å². The van der Waals surface area contributed by atoms with E-state index in [2.05, 4.69) is 5.32 Å². The van der Waals surface area contributed by atoms with Gasteiger partial charge in [-0.2, -0.15) is 17.5 Å². The summed E-state index contributed by atoms with van der Waals surface area (Å²) in [7, 11) is -3.09. The second kappa shape index (κ2) is 8.58. The number of aryl methyl sites for hydroxylation is 1. The number of benzene rings is 2. The van der Waals surface area contributed by atoms with Gasteiger partial charge in [0, 0.05) is 24.9 Å². The molecule has 30 heavy (non-hydrogen) atoms. The normalized spacial score (nSPS) is 12.1. The van der Waals surface area contributed by atoms with Crippen LogP contribution < -0.4 is 5.32 Å². The maximum Gasteiger partial charge on any atom is 0.417 e. The molecule has 13 heteroatoms. The fraction of sp³-hybridized carbons (Fsp3) is 0.235. The average Bonchev–Trinajstić information content (AvgIpc) is 2.61. The first kappa shape index (κ1) is 23.6. The highest BCUT2D eigenvalue weighted by molar-refractivity contribution is 7.89. The van der Waals surface area contributed by atoms with Crippen molar-refractivity contribution in [3.05, 3.63) is 62.7 Å². The zero-order valence-electron chi connectivity index (χ0n) is 15.5. The van der Waals surface area contributed by atoms with E-state index in [0.717, 1.165) is 37.4 Å². The summed E-state index contributed by atoms with van der Waals surface area (Å²) < 4.78 is 64.7. The van der Waals surface area contributed by atoms with Gasteiger partial charge < -0.3 is 5.32 Å². The molecule has 2 aromatic carbocycles. The topological polar surface area (TPSA) is 110 Å². The summed E-state index contributed by atoms with van der Waals surface area (Å²) in [6.45, 7) is 0.656. The lowest BCUT2D eigenvalue weighted by atomic mass is 10.2. The fourth-order valence-electron chi connectivity index (χ4n) is 2.51. The first-order valence-electron chi connectivity index (χ1n) is 8.11. The minimum absolute atomic E-state index is 0.101. The molecule has 8 nitrogen and oxygen atoms in total. The van der Waals surface area contributed by atoms with Gasteiger partial charge in [0.1, 0.15) is 0 Å². The summed E-state index contributed by atoms with van der Waals surface area (Å²) in [5.41, 5.74) is -1.56. The van der Waals surface area contributed by atoms with Crippen LogP contribution in [0.3, 0.4) is 0 Å². The molecule has 0 saturated heterocycles. The Labute approximate surface area is 174 Å². The Morgan fingerprint density at radius 2 is 1.87 bits per heavy atom. The number of nitro groups is 1. The highest BCUT2D eigenvalue weighted by Gasteiger charge is 2.33. The number of nitro benzene ring substituents is 1. The standard InChI is InChI=1S/C17H15ClF3N3O5S/c1-10-7-12(24(26)27)4-6-15(10)30(28,29)23(2)9-16(25)22-11-3-5-14(18)13(8-11)17(19,20)21/h3-8H,9H2,1-2H3,(H,22,25). The molecule has 0 atom stereocenters. The predicted octanol–water partition coefficient (Wildman–Crippen LogP) is 3.83. The van der Waals surface area contributed by atoms with E-state index in [0.29, 0.717) is 10.4 Å². The Bertz CT molecular complexity index is 1110. The van der Waals surface area contributed by atoms with Gasteiger partial charge in [0.2, 0.25) is 15.9 Å². The number of sulfonamides is 1. The molecule has 2 rings (SSSR count). The number of rotatable bonds is 6. The molecule has 0 bridgehead atoms. The first-order valence-corrected chi connectivity index (χ1v) is 9.93. The van der Waals surface area contributed by atoms with Crippen LogP contribution in [0.1, 0.15) is 11.1 Å². The van der Waals surface area contributed by atoms with Gasteiger partial charge in [-0.25, -0.2) is 8.42 Å². The number of nitrogens with one attached hydrogen (secondary N) is 1. The summed E-state index contributed by atoms with van der Waals surface area (Å²) in [4.78, 5) is 22.0. The molecular weight excluding hydrogens is 451 g/mol. The smallest absolute Gasteiger partial charge is 0.325 e. The van der Waals surface area contributed by atoms with Crippen molar-refractivity contribution in [3.63, 3.8) is 0 Å². The third-order valence-corrected chi connectivity index (χ3v) is 6.27. The molecule has 0 radical (unpaired) electrons. The molecule has 0 aliphatic carbocycles. The fourth-order valence-corrected chi connectivity index (χ4v) is 4.07. The van der Waals surface area contributed by atoms with Crippen LogP contribution in [-0.2, 0) is 21.0 Å². The summed E-state index contributed by atoms with van der Waals surface area (Å²) in [6, 6.07) is 5.87. The van der Waals surface area contributed by atoms with Crippen LogP contribution in [0, 0.1) is 17.0 Å². The van der Waals surface area contributed by atoms with E-state index in [-0.39, 0.29) is 21.8 Å². The SMILES string of the molecule is Cc1cc([N+](=O)[O-])ccc1S(=O)(=O)N(C)CC(=O)Nc1ccc(Cl)c(C(F)(F)F)c1. The molecule has 0 unspecified atom stereocenters. The molecule has 0 aliphatic rings. The van der Waals surface area contributed by atoms with Gasteiger partial charge in [0.15, 0.2) is 0 Å². The van der Waals surface area contributed by atoms with Crippen molar-refractivity contribution >= 4 is 38.9 Å². The number of likely N-dealkylation sites (N-methyl/N-ethyl adjacent to an activating group) is 1. The zero-order chi connectivity index (χ0) is 22.9. The molecule has 1 amide bonds. The second-order valence-electron chi connectivity index (χ2n) is 6.21. The van der Waals surface area contributed by atoms with Crippen LogP contribution in [0.25, 0.3) is 0 Å². The molecule has 0 fully saturated rings. The Morgan fingerprint density at radius 3 is 2.40 bits per heavy atom. The molecule has 0 aliphatic heterocycles. The van der Waals surface area contributed by atoms with Crippen molar-refractivity contribution in [1.82, 2.24) is 4.31 Å². The summed E-state index contributed by atoms with van der Waals surface area (Å²) in [5, 5.41) is 12.4. The summed E-state index contributed by atoms with van der Waals surface area (Å²) >= 11 is 5.51. The zero-order valence-corrected chi connectivity index (χ0v) is 17.1. The van der Waals surface area contributed by atoms with Crippen LogP contribution in [0.15, 0.2) is 41.3 Å². The van der Waals surface area contributed by atoms with Gasteiger partial charge in [0.25, 0.3) is 5.69 Å². The van der Waals surface area contributed by atoms with E-state index in [9.17, 15) is 36.5 Å². The highest BCUT2D eigenvalue weighted by Crippen LogP contribution is 2.36. The number of carbonyl (C=O) groups is 1. The highest BCUT2D eigenvalue weighted by atomic mass is 35.5. The number of carbonyl (C=O) groups excluding carboxylic acids is 1. The first-order chi connectivity index (χ1) is 13.7. The Morgan fingerprint density at radius 1 is 1.23 bits per heavy atom. The third-order valence-electron chi connectivity index (χ3n) is 3.98. The number of alkyl halides is 3. The maximum atomic E-state index is 12.9. The maximum absolute atomic E-state index is 12.9. The van der Waals surface area contributed by atoms with Gasteiger partial charge in [-0.15, -0.1) is 0 Å². The van der Waals surface area contributed by atoms with Gasteiger partial charge in [-0.3, -0.25) is 14.9 Å². The molecule has 0 heterocycles. The Hall–Kier alpha value is -2.70. The van der Waals surface area contributed by atoms with Crippen LogP contribution in [-0.4, -0.2) is 37.1 Å². The molecule has 2 aromatic rings. The Balaban J connectivity index is 2.18. The summed E-state index contributed by atoms with van der Waals surface area (Å²) in [6.07, 6.45) is -4.73. The molecule has 0 spiro atoms. The van der Waals surface area contributed by atoms with Crippen molar-refractivity contribution in [2.75, 3.05) is 18.9 Å². The minimum Gasteiger partial charge on any atom is -0.325 e. The van der Waals surface area contributed by atoms with Gasteiger partial charge >= 0.3 is 6.18 Å². The van der Waals surface area contributed by atoms with Gasteiger partial charge in [0.05, 0.1) is 26.9 Å². The summed E-state index contributed by atoms with van der Waals surface area (Å²) in [5.74, 6) is -0.893. The third kappa shape index (κ3) is 5.26. The number of anilines is 1. The molecule has 1 N–H and O–H groups in total. The lowest BCUT2D eigenvalue weighted by molar-refractivity contribution is -0.385. The van der Waals surface area contributed by atoms with E-state index in [1.165, 1.54) is 6.92 Å². The molecule has 0 saturated carbocycles. The quantitative estimate of drug-likeness (QED) is 0.515. The van der Waals surface area contributed by atoms with Gasteiger partial charge in [-0.1, -0.05) is 11.6 Å². The van der Waals surface area contributed by atoms with Crippen molar-refractivity contribution in [1.29, 1.82) is 0 Å². The largest absolute Gasteiger partial charge is 0.417 e. The molecule has 0 aromatic heterocycles. The number of non-ortho nitro benzene ring substituents is 1. The lowest BCUT2D eigenvalue weighted by Crippen LogP contribution is -2.35.